The highest BCUT2D eigenvalue weighted by atomic mass is 16.5. The zero-order valence-electron chi connectivity index (χ0n) is 32.0. The van der Waals surface area contributed by atoms with Crippen LogP contribution in [0.15, 0.2) is 188 Å². The zero-order chi connectivity index (χ0) is 39.5. The number of nitriles is 1. The molecular weight excluding hydrogens is 735 g/mol. The van der Waals surface area contributed by atoms with Crippen molar-refractivity contribution in [2.45, 2.75) is 5.41 Å². The minimum Gasteiger partial charge on any atom is -0.457 e. The first kappa shape index (κ1) is 32.8. The molecule has 278 valence electrons. The molecule has 0 fully saturated rings. The highest BCUT2D eigenvalue weighted by Crippen LogP contribution is 2.61. The van der Waals surface area contributed by atoms with Crippen LogP contribution in [0.25, 0.3) is 77.5 Å². The SMILES string of the molecule is N#Cc1c(-n2c3ccccc3c3ccccc32)cc(-c2ccc3c(c2)C2(c4ccccc4O3)c3cccnc3-c3ncccc32)cc1-n1c2ccccc2c2ccccc21. The third-order valence-electron chi connectivity index (χ3n) is 12.7. The van der Waals surface area contributed by atoms with Crippen molar-refractivity contribution in [1.82, 2.24) is 19.1 Å². The second kappa shape index (κ2) is 12.1. The average Bonchev–Trinajstić information content (AvgIpc) is 3.93. The molecule has 11 aromatic rings. The Bertz CT molecular complexity index is 3390. The lowest BCUT2D eigenvalue weighted by atomic mass is 9.66. The van der Waals surface area contributed by atoms with Gasteiger partial charge >= 0.3 is 0 Å². The Morgan fingerprint density at radius 1 is 0.433 bits per heavy atom. The van der Waals surface area contributed by atoms with Gasteiger partial charge in [-0.15, -0.1) is 0 Å². The van der Waals surface area contributed by atoms with Crippen LogP contribution in [0.1, 0.15) is 27.8 Å². The van der Waals surface area contributed by atoms with Gasteiger partial charge in [0.1, 0.15) is 23.1 Å². The lowest BCUT2D eigenvalue weighted by molar-refractivity contribution is 0.436. The van der Waals surface area contributed by atoms with Gasteiger partial charge in [0.05, 0.1) is 50.2 Å². The topological polar surface area (TPSA) is 68.7 Å². The van der Waals surface area contributed by atoms with Crippen molar-refractivity contribution in [2.24, 2.45) is 0 Å². The summed E-state index contributed by atoms with van der Waals surface area (Å²) in [6, 6.07) is 64.3. The van der Waals surface area contributed by atoms with E-state index in [1.807, 2.05) is 30.6 Å². The second-order valence-electron chi connectivity index (χ2n) is 15.6. The number of aromatic nitrogens is 4. The van der Waals surface area contributed by atoms with E-state index in [1.54, 1.807) is 0 Å². The standard InChI is InChI=1S/C54H31N5O/c55-32-39-48(58-44-20-6-1-13-35(44)36-14-2-7-21-45(36)58)30-34(31-49(39)59-46-22-8-3-15-37(46)38-16-4-9-23-47(38)59)33-25-26-51-43(29-33)54(40-17-5-10-24-50(40)60-51)41-18-11-27-56-52(41)53-42(54)19-12-28-57-53/h1-31H. The van der Waals surface area contributed by atoms with Gasteiger partial charge in [0.15, 0.2) is 0 Å². The molecule has 0 radical (unpaired) electrons. The van der Waals surface area contributed by atoms with Crippen LogP contribution in [0.2, 0.25) is 0 Å². The molecule has 0 saturated heterocycles. The third-order valence-corrected chi connectivity index (χ3v) is 12.7. The number of para-hydroxylation sites is 5. The summed E-state index contributed by atoms with van der Waals surface area (Å²) in [7, 11) is 0. The van der Waals surface area contributed by atoms with Crippen molar-refractivity contribution in [3.05, 3.63) is 216 Å². The van der Waals surface area contributed by atoms with Crippen LogP contribution >= 0.6 is 0 Å². The maximum atomic E-state index is 11.4. The first-order chi connectivity index (χ1) is 29.7. The summed E-state index contributed by atoms with van der Waals surface area (Å²) in [6.07, 6.45) is 3.70. The Morgan fingerprint density at radius 3 is 1.40 bits per heavy atom. The van der Waals surface area contributed by atoms with Crippen LogP contribution in [0.4, 0.5) is 0 Å². The molecule has 7 aromatic carbocycles. The van der Waals surface area contributed by atoms with Crippen molar-refractivity contribution in [3.8, 4) is 51.5 Å². The molecule has 0 amide bonds. The van der Waals surface area contributed by atoms with Crippen molar-refractivity contribution in [3.63, 3.8) is 0 Å². The Balaban J connectivity index is 1.16. The molecule has 0 saturated carbocycles. The molecule has 2 aliphatic rings. The van der Waals surface area contributed by atoms with E-state index in [9.17, 15) is 5.26 Å². The number of ether oxygens (including phenoxy) is 1. The molecule has 5 heterocycles. The van der Waals surface area contributed by atoms with Gasteiger partial charge in [0.25, 0.3) is 0 Å². The van der Waals surface area contributed by atoms with E-state index < -0.39 is 5.41 Å². The average molecular weight is 766 g/mol. The Kier molecular flexibility index (Phi) is 6.62. The van der Waals surface area contributed by atoms with Crippen molar-refractivity contribution >= 4 is 43.6 Å². The predicted molar refractivity (Wildman–Crippen MR) is 238 cm³/mol. The molecule has 1 aliphatic carbocycles. The van der Waals surface area contributed by atoms with Gasteiger partial charge in [-0.25, -0.2) is 0 Å². The minimum atomic E-state index is -0.731. The molecule has 0 unspecified atom stereocenters. The molecule has 0 N–H and O–H groups in total. The summed E-state index contributed by atoms with van der Waals surface area (Å²) < 4.78 is 11.3. The highest BCUT2D eigenvalue weighted by Gasteiger charge is 2.52. The lowest BCUT2D eigenvalue weighted by Crippen LogP contribution is -2.32. The number of rotatable bonds is 3. The fraction of sp³-hybridized carbons (Fsp3) is 0.0185. The quantitative estimate of drug-likeness (QED) is 0.180. The number of fused-ring (bicyclic) bond motifs is 15. The van der Waals surface area contributed by atoms with Crippen LogP contribution in [-0.4, -0.2) is 19.1 Å². The molecule has 1 aliphatic heterocycles. The van der Waals surface area contributed by atoms with Crippen molar-refractivity contribution < 1.29 is 4.74 Å². The molecule has 4 aromatic heterocycles. The van der Waals surface area contributed by atoms with E-state index in [0.717, 1.165) is 111 Å². The fourth-order valence-corrected chi connectivity index (χ4v) is 10.3. The van der Waals surface area contributed by atoms with E-state index >= 15 is 0 Å². The number of hydrogen-bond donors (Lipinski definition) is 0. The van der Waals surface area contributed by atoms with E-state index in [0.29, 0.717) is 5.56 Å². The maximum absolute atomic E-state index is 11.4. The molecule has 6 heteroatoms. The summed E-state index contributed by atoms with van der Waals surface area (Å²) in [5.74, 6) is 1.59. The van der Waals surface area contributed by atoms with E-state index in [1.165, 1.54) is 0 Å². The van der Waals surface area contributed by atoms with Gasteiger partial charge in [0, 0.05) is 45.1 Å². The zero-order valence-corrected chi connectivity index (χ0v) is 32.0. The first-order valence-corrected chi connectivity index (χ1v) is 20.1. The molecule has 60 heavy (non-hydrogen) atoms. The maximum Gasteiger partial charge on any atom is 0.132 e. The van der Waals surface area contributed by atoms with Crippen LogP contribution in [-0.2, 0) is 5.41 Å². The lowest BCUT2D eigenvalue weighted by Gasteiger charge is -2.39. The first-order valence-electron chi connectivity index (χ1n) is 20.1. The van der Waals surface area contributed by atoms with Gasteiger partial charge in [0.2, 0.25) is 0 Å². The predicted octanol–water partition coefficient (Wildman–Crippen LogP) is 12.7. The number of benzene rings is 7. The summed E-state index contributed by atoms with van der Waals surface area (Å²) in [4.78, 5) is 9.87. The minimum absolute atomic E-state index is 0.583. The Morgan fingerprint density at radius 2 is 0.883 bits per heavy atom. The smallest absolute Gasteiger partial charge is 0.132 e. The number of hydrogen-bond acceptors (Lipinski definition) is 4. The monoisotopic (exact) mass is 765 g/mol. The van der Waals surface area contributed by atoms with Crippen LogP contribution in [0, 0.1) is 11.3 Å². The normalized spacial score (nSPS) is 13.2. The molecule has 0 bridgehead atoms. The second-order valence-corrected chi connectivity index (χ2v) is 15.6. The summed E-state index contributed by atoms with van der Waals surface area (Å²) >= 11 is 0. The van der Waals surface area contributed by atoms with Crippen molar-refractivity contribution in [2.75, 3.05) is 0 Å². The third kappa shape index (κ3) is 4.20. The number of pyridine rings is 2. The van der Waals surface area contributed by atoms with Gasteiger partial charge in [-0.2, -0.15) is 5.26 Å². The highest BCUT2D eigenvalue weighted by molar-refractivity contribution is 6.11. The summed E-state index contributed by atoms with van der Waals surface area (Å²) in [6.45, 7) is 0. The Labute approximate surface area is 344 Å². The van der Waals surface area contributed by atoms with E-state index in [2.05, 4.69) is 173 Å². The summed E-state index contributed by atoms with van der Waals surface area (Å²) in [5, 5.41) is 15.9. The van der Waals surface area contributed by atoms with Gasteiger partial charge in [-0.3, -0.25) is 9.97 Å². The number of nitrogens with zero attached hydrogens (tertiary/aromatic N) is 5. The van der Waals surface area contributed by atoms with E-state index in [4.69, 9.17) is 14.7 Å². The fourth-order valence-electron chi connectivity index (χ4n) is 10.3. The van der Waals surface area contributed by atoms with E-state index in [-0.39, 0.29) is 0 Å². The molecule has 1 spiro atoms. The molecule has 6 nitrogen and oxygen atoms in total. The molecular formula is C54H31N5O. The van der Waals surface area contributed by atoms with Crippen LogP contribution < -0.4 is 4.74 Å². The molecule has 13 rings (SSSR count). The van der Waals surface area contributed by atoms with Gasteiger partial charge in [-0.1, -0.05) is 109 Å². The van der Waals surface area contributed by atoms with Crippen molar-refractivity contribution in [1.29, 1.82) is 5.26 Å². The summed E-state index contributed by atoms with van der Waals surface area (Å²) in [5.41, 5.74) is 13.5. The van der Waals surface area contributed by atoms with Crippen LogP contribution in [0.5, 0.6) is 11.5 Å². The Hall–Kier alpha value is -8.27. The van der Waals surface area contributed by atoms with Gasteiger partial charge in [-0.05, 0) is 89.0 Å². The van der Waals surface area contributed by atoms with Crippen LogP contribution in [0.3, 0.4) is 0 Å². The molecule has 0 atom stereocenters. The van der Waals surface area contributed by atoms with Gasteiger partial charge < -0.3 is 13.9 Å². The largest absolute Gasteiger partial charge is 0.457 e.